The summed E-state index contributed by atoms with van der Waals surface area (Å²) in [5.41, 5.74) is 4.05. The van der Waals surface area contributed by atoms with Crippen LogP contribution >= 0.6 is 23.2 Å². The van der Waals surface area contributed by atoms with Gasteiger partial charge in [-0.15, -0.1) is 0 Å². The molecule has 20 heavy (non-hydrogen) atoms. The summed E-state index contributed by atoms with van der Waals surface area (Å²) in [7, 11) is 2.03. The lowest BCUT2D eigenvalue weighted by Crippen LogP contribution is -2.24. The molecule has 0 aliphatic heterocycles. The second kappa shape index (κ2) is 5.77. The van der Waals surface area contributed by atoms with E-state index < -0.39 is 0 Å². The summed E-state index contributed by atoms with van der Waals surface area (Å²) < 4.78 is 0. The molecule has 1 N–H and O–H groups in total. The van der Waals surface area contributed by atoms with E-state index in [1.807, 2.05) is 19.2 Å². The second-order valence-electron chi connectivity index (χ2n) is 5.27. The first-order valence-corrected chi connectivity index (χ1v) is 7.67. The summed E-state index contributed by atoms with van der Waals surface area (Å²) in [5, 5.41) is 4.66. The van der Waals surface area contributed by atoms with Gasteiger partial charge in [-0.05, 0) is 48.7 Å². The maximum Gasteiger partial charge on any atom is 0.0595 e. The van der Waals surface area contributed by atoms with Crippen molar-refractivity contribution < 1.29 is 0 Å². The van der Waals surface area contributed by atoms with Gasteiger partial charge in [-0.3, -0.25) is 0 Å². The summed E-state index contributed by atoms with van der Waals surface area (Å²) in [6.45, 7) is 0. The Bertz CT molecular complexity index is 624. The summed E-state index contributed by atoms with van der Waals surface area (Å²) in [4.78, 5) is 0. The number of hydrogen-bond donors (Lipinski definition) is 1. The normalized spacial score (nSPS) is 21.6. The first kappa shape index (κ1) is 13.9. The van der Waals surface area contributed by atoms with E-state index >= 15 is 0 Å². The standard InChI is InChI=1S/C17H17Cl2N/c1-20-17-9-7-12(13-4-2-3-5-14(13)17)11-6-8-15(18)16(19)10-11/h2-6,8,10,12,17,20H,7,9H2,1H3/t12-,17-/m0/s1/i1-1. The van der Waals surface area contributed by atoms with Gasteiger partial charge < -0.3 is 5.32 Å². The predicted octanol–water partition coefficient (Wildman–Crippen LogP) is 5.18. The van der Waals surface area contributed by atoms with Crippen LogP contribution in [0.25, 0.3) is 0 Å². The molecule has 2 atom stereocenters. The number of halogens is 2. The van der Waals surface area contributed by atoms with Gasteiger partial charge in [0.1, 0.15) is 0 Å². The van der Waals surface area contributed by atoms with Crippen molar-refractivity contribution in [1.29, 1.82) is 0 Å². The zero-order chi connectivity index (χ0) is 14.1. The molecule has 0 heterocycles. The lowest BCUT2D eigenvalue weighted by atomic mass is 9.76. The number of nitrogens with one attached hydrogen (secondary N) is 1. The van der Waals surface area contributed by atoms with Crippen LogP contribution in [0.1, 0.15) is 41.5 Å². The van der Waals surface area contributed by atoms with Crippen molar-refractivity contribution >= 4 is 23.2 Å². The average molecular weight is 305 g/mol. The van der Waals surface area contributed by atoms with Gasteiger partial charge in [-0.2, -0.15) is 0 Å². The fourth-order valence-electron chi connectivity index (χ4n) is 3.17. The van der Waals surface area contributed by atoms with Gasteiger partial charge in [0.25, 0.3) is 0 Å². The smallest absolute Gasteiger partial charge is 0.0595 e. The number of rotatable bonds is 2. The number of hydrogen-bond acceptors (Lipinski definition) is 1. The van der Waals surface area contributed by atoms with Crippen LogP contribution in [0.3, 0.4) is 0 Å². The Hall–Kier alpha value is -1.02. The molecule has 2 aromatic rings. The zero-order valence-electron chi connectivity index (χ0n) is 11.4. The number of fused-ring (bicyclic) bond motifs is 1. The van der Waals surface area contributed by atoms with Crippen molar-refractivity contribution in [2.24, 2.45) is 0 Å². The van der Waals surface area contributed by atoms with Crippen molar-refractivity contribution in [1.82, 2.24) is 5.32 Å². The monoisotopic (exact) mass is 304 g/mol. The topological polar surface area (TPSA) is 12.0 Å². The molecule has 0 fully saturated rings. The van der Waals surface area contributed by atoms with Crippen molar-refractivity contribution in [3.63, 3.8) is 0 Å². The molecule has 104 valence electrons. The molecule has 0 radical (unpaired) electrons. The molecular formula is C17H17Cl2N. The highest BCUT2D eigenvalue weighted by Crippen LogP contribution is 2.42. The van der Waals surface area contributed by atoms with Crippen LogP contribution in [0, 0.1) is 0 Å². The largest absolute Gasteiger partial charge is 0.313 e. The zero-order valence-corrected chi connectivity index (χ0v) is 12.9. The Morgan fingerprint density at radius 2 is 1.70 bits per heavy atom. The van der Waals surface area contributed by atoms with Crippen molar-refractivity contribution in [2.45, 2.75) is 24.8 Å². The molecule has 1 nitrogen and oxygen atoms in total. The first-order valence-electron chi connectivity index (χ1n) is 6.91. The molecular weight excluding hydrogens is 288 g/mol. The predicted molar refractivity (Wildman–Crippen MR) is 85.8 cm³/mol. The van der Waals surface area contributed by atoms with Crippen LogP contribution in [0.2, 0.25) is 10.0 Å². The van der Waals surface area contributed by atoms with E-state index in [4.69, 9.17) is 23.2 Å². The first-order chi connectivity index (χ1) is 9.70. The third-order valence-corrected chi connectivity index (χ3v) is 4.92. The highest BCUT2D eigenvalue weighted by molar-refractivity contribution is 6.42. The molecule has 3 rings (SSSR count). The Morgan fingerprint density at radius 3 is 2.40 bits per heavy atom. The fraction of sp³-hybridized carbons (Fsp3) is 0.294. The molecule has 0 saturated heterocycles. The Kier molecular flexibility index (Phi) is 4.02. The third kappa shape index (κ3) is 2.46. The molecule has 0 saturated carbocycles. The van der Waals surface area contributed by atoms with Gasteiger partial charge in [0.15, 0.2) is 0 Å². The van der Waals surface area contributed by atoms with E-state index in [0.29, 0.717) is 22.0 Å². The van der Waals surface area contributed by atoms with Crippen LogP contribution in [0.15, 0.2) is 42.5 Å². The van der Waals surface area contributed by atoms with Crippen LogP contribution < -0.4 is 5.32 Å². The van der Waals surface area contributed by atoms with Gasteiger partial charge in [0.05, 0.1) is 10.0 Å². The second-order valence-corrected chi connectivity index (χ2v) is 6.09. The van der Waals surface area contributed by atoms with E-state index in [1.54, 1.807) is 0 Å². The lowest BCUT2D eigenvalue weighted by molar-refractivity contribution is 0.471. The van der Waals surface area contributed by atoms with Gasteiger partial charge in [-0.1, -0.05) is 53.5 Å². The van der Waals surface area contributed by atoms with Crippen LogP contribution in [0.4, 0.5) is 0 Å². The van der Waals surface area contributed by atoms with Crippen molar-refractivity contribution in [2.75, 3.05) is 7.05 Å². The molecule has 1 aliphatic rings. The minimum atomic E-state index is 0.408. The molecule has 0 unspecified atom stereocenters. The molecule has 0 amide bonds. The van der Waals surface area contributed by atoms with Gasteiger partial charge in [-0.25, -0.2) is 0 Å². The van der Waals surface area contributed by atoms with E-state index in [2.05, 4.69) is 35.6 Å². The minimum absolute atomic E-state index is 0.408. The Balaban J connectivity index is 2.05. The van der Waals surface area contributed by atoms with Crippen LogP contribution in [-0.4, -0.2) is 7.05 Å². The van der Waals surface area contributed by atoms with Crippen molar-refractivity contribution in [3.05, 3.63) is 69.2 Å². The molecule has 0 aromatic heterocycles. The van der Waals surface area contributed by atoms with E-state index in [0.717, 1.165) is 12.8 Å². The summed E-state index contributed by atoms with van der Waals surface area (Å²) >= 11 is 12.2. The Labute approximate surface area is 129 Å². The van der Waals surface area contributed by atoms with Crippen LogP contribution in [-0.2, 0) is 0 Å². The van der Waals surface area contributed by atoms with Gasteiger partial charge in [0, 0.05) is 12.0 Å². The summed E-state index contributed by atoms with van der Waals surface area (Å²) in [5.74, 6) is 0.408. The third-order valence-electron chi connectivity index (χ3n) is 4.19. The van der Waals surface area contributed by atoms with E-state index in [1.165, 1.54) is 16.7 Å². The molecule has 0 spiro atoms. The SMILES string of the molecule is [11CH3]N[C@H]1CC[C@@H](c2ccc(Cl)c(Cl)c2)c2ccccc21. The highest BCUT2D eigenvalue weighted by atomic mass is 35.5. The lowest BCUT2D eigenvalue weighted by Gasteiger charge is -2.32. The molecule has 1 aliphatic carbocycles. The Morgan fingerprint density at radius 1 is 0.950 bits per heavy atom. The fourth-order valence-corrected chi connectivity index (χ4v) is 3.47. The van der Waals surface area contributed by atoms with Gasteiger partial charge >= 0.3 is 0 Å². The summed E-state index contributed by atoms with van der Waals surface area (Å²) in [6.07, 6.45) is 2.26. The highest BCUT2D eigenvalue weighted by Gasteiger charge is 2.27. The van der Waals surface area contributed by atoms with Gasteiger partial charge in [0.2, 0.25) is 0 Å². The quantitative estimate of drug-likeness (QED) is 0.806. The van der Waals surface area contributed by atoms with Crippen LogP contribution in [0.5, 0.6) is 0 Å². The average Bonchev–Trinajstić information content (AvgIpc) is 2.49. The molecule has 3 heteroatoms. The molecule has 2 aromatic carbocycles. The maximum absolute atomic E-state index is 6.17. The molecule has 0 bridgehead atoms. The maximum atomic E-state index is 6.17. The van der Waals surface area contributed by atoms with E-state index in [9.17, 15) is 0 Å². The van der Waals surface area contributed by atoms with Crippen molar-refractivity contribution in [3.8, 4) is 0 Å². The number of benzene rings is 2. The summed E-state index contributed by atoms with van der Waals surface area (Å²) in [6, 6.07) is 15.1. The van der Waals surface area contributed by atoms with E-state index in [-0.39, 0.29) is 0 Å². The minimum Gasteiger partial charge on any atom is -0.313 e.